The molecular weight excluding hydrogens is 449 g/mol. The van der Waals surface area contributed by atoms with Gasteiger partial charge in [-0.1, -0.05) is 29.8 Å². The molecule has 0 bridgehead atoms. The van der Waals surface area contributed by atoms with Gasteiger partial charge >= 0.3 is 0 Å². The van der Waals surface area contributed by atoms with E-state index in [1.807, 2.05) is 0 Å². The van der Waals surface area contributed by atoms with Gasteiger partial charge in [0.1, 0.15) is 17.1 Å². The summed E-state index contributed by atoms with van der Waals surface area (Å²) in [5, 5.41) is 4.09. The van der Waals surface area contributed by atoms with Gasteiger partial charge in [0.05, 0.1) is 5.69 Å². The third-order valence-electron chi connectivity index (χ3n) is 4.66. The first-order valence-corrected chi connectivity index (χ1v) is 10.2. The fourth-order valence-corrected chi connectivity index (χ4v) is 3.29. The minimum absolute atomic E-state index is 0.110. The predicted molar refractivity (Wildman–Crippen MR) is 122 cm³/mol. The van der Waals surface area contributed by atoms with Gasteiger partial charge in [-0.2, -0.15) is 0 Å². The summed E-state index contributed by atoms with van der Waals surface area (Å²) in [6.45, 7) is -0.356. The SMILES string of the molecule is O=C(COc1ccc(Cl)cc1/C=C1/C(=O)NN(c2ccccc2)C1=O)Nc1ccc(F)cc1. The van der Waals surface area contributed by atoms with E-state index >= 15 is 0 Å². The number of hydrogen-bond donors (Lipinski definition) is 2. The van der Waals surface area contributed by atoms with Crippen molar-refractivity contribution in [3.05, 3.63) is 94.8 Å². The molecule has 0 spiro atoms. The van der Waals surface area contributed by atoms with Gasteiger partial charge in [-0.05, 0) is 60.7 Å². The van der Waals surface area contributed by atoms with Gasteiger partial charge in [0, 0.05) is 16.3 Å². The number of hydrogen-bond acceptors (Lipinski definition) is 4. The van der Waals surface area contributed by atoms with Gasteiger partial charge in [0.25, 0.3) is 17.7 Å². The monoisotopic (exact) mass is 465 g/mol. The summed E-state index contributed by atoms with van der Waals surface area (Å²) in [5.41, 5.74) is 3.69. The standard InChI is InChI=1S/C24H17ClFN3O4/c25-16-6-11-21(33-14-22(30)27-18-9-7-17(26)8-10-18)15(12-16)13-20-23(31)28-29(24(20)32)19-4-2-1-3-5-19/h1-13H,14H2,(H,27,30)(H,28,31)/b20-13-. The lowest BCUT2D eigenvalue weighted by Crippen LogP contribution is -2.35. The molecule has 7 nitrogen and oxygen atoms in total. The summed E-state index contributed by atoms with van der Waals surface area (Å²) >= 11 is 6.09. The molecule has 33 heavy (non-hydrogen) atoms. The highest BCUT2D eigenvalue weighted by Gasteiger charge is 2.34. The van der Waals surface area contributed by atoms with Crippen LogP contribution in [0.15, 0.2) is 78.4 Å². The molecule has 0 unspecified atom stereocenters. The zero-order valence-electron chi connectivity index (χ0n) is 17.0. The van der Waals surface area contributed by atoms with Crippen molar-refractivity contribution >= 4 is 46.8 Å². The molecule has 4 rings (SSSR count). The van der Waals surface area contributed by atoms with Crippen LogP contribution in [-0.4, -0.2) is 24.3 Å². The van der Waals surface area contributed by atoms with Crippen molar-refractivity contribution in [3.8, 4) is 5.75 Å². The third-order valence-corrected chi connectivity index (χ3v) is 4.90. The van der Waals surface area contributed by atoms with Crippen molar-refractivity contribution in [1.82, 2.24) is 5.43 Å². The Kier molecular flexibility index (Phi) is 6.37. The maximum atomic E-state index is 13.0. The van der Waals surface area contributed by atoms with Crippen LogP contribution < -0.4 is 20.5 Å². The summed E-state index contributed by atoms with van der Waals surface area (Å²) in [7, 11) is 0. The molecule has 0 aliphatic carbocycles. The zero-order valence-corrected chi connectivity index (χ0v) is 17.8. The minimum atomic E-state index is -0.580. The summed E-state index contributed by atoms with van der Waals surface area (Å²) in [4.78, 5) is 37.5. The van der Waals surface area contributed by atoms with E-state index in [1.54, 1.807) is 36.4 Å². The van der Waals surface area contributed by atoms with Crippen molar-refractivity contribution in [2.75, 3.05) is 16.9 Å². The van der Waals surface area contributed by atoms with E-state index in [2.05, 4.69) is 10.7 Å². The second-order valence-corrected chi connectivity index (χ2v) is 7.44. The Bertz CT molecular complexity index is 1250. The van der Waals surface area contributed by atoms with Crippen LogP contribution in [0, 0.1) is 5.82 Å². The van der Waals surface area contributed by atoms with Gasteiger partial charge < -0.3 is 10.1 Å². The third kappa shape index (κ3) is 5.19. The number of anilines is 2. The molecule has 1 aliphatic rings. The van der Waals surface area contributed by atoms with E-state index in [1.165, 1.54) is 42.5 Å². The Hall–Kier alpha value is -4.17. The van der Waals surface area contributed by atoms with Gasteiger partial charge in [-0.3, -0.25) is 19.8 Å². The number of amides is 3. The lowest BCUT2D eigenvalue weighted by Gasteiger charge is -2.14. The molecule has 0 aromatic heterocycles. The fraction of sp³-hybridized carbons (Fsp3) is 0.0417. The van der Waals surface area contributed by atoms with E-state index in [0.717, 1.165) is 5.01 Å². The first-order valence-electron chi connectivity index (χ1n) is 9.80. The van der Waals surface area contributed by atoms with Gasteiger partial charge in [0.2, 0.25) is 0 Å². The minimum Gasteiger partial charge on any atom is -0.483 e. The second kappa shape index (κ2) is 9.54. The number of hydrazine groups is 1. The smallest absolute Gasteiger partial charge is 0.282 e. The van der Waals surface area contributed by atoms with Crippen LogP contribution >= 0.6 is 11.6 Å². The molecule has 166 valence electrons. The molecule has 0 saturated carbocycles. The van der Waals surface area contributed by atoms with Crippen molar-refractivity contribution in [2.45, 2.75) is 0 Å². The molecule has 1 aliphatic heterocycles. The number of carbonyl (C=O) groups excluding carboxylic acids is 3. The lowest BCUT2D eigenvalue weighted by molar-refractivity contribution is -0.118. The number of halogens is 2. The van der Waals surface area contributed by atoms with Crippen LogP contribution in [0.3, 0.4) is 0 Å². The van der Waals surface area contributed by atoms with Gasteiger partial charge in [0.15, 0.2) is 6.61 Å². The number of carbonyl (C=O) groups is 3. The summed E-state index contributed by atoms with van der Waals surface area (Å²) in [6.07, 6.45) is 1.36. The molecule has 1 saturated heterocycles. The van der Waals surface area contributed by atoms with Crippen molar-refractivity contribution in [3.63, 3.8) is 0 Å². The van der Waals surface area contributed by atoms with E-state index in [-0.39, 0.29) is 17.9 Å². The highest BCUT2D eigenvalue weighted by molar-refractivity contribution is 6.32. The van der Waals surface area contributed by atoms with E-state index in [0.29, 0.717) is 22.0 Å². The molecule has 3 amide bonds. The van der Waals surface area contributed by atoms with Gasteiger partial charge in [-0.25, -0.2) is 9.40 Å². The van der Waals surface area contributed by atoms with Crippen molar-refractivity contribution in [1.29, 1.82) is 0 Å². The highest BCUT2D eigenvalue weighted by Crippen LogP contribution is 2.28. The van der Waals surface area contributed by atoms with E-state index in [9.17, 15) is 18.8 Å². The topological polar surface area (TPSA) is 87.7 Å². The first kappa shape index (κ1) is 22.0. The average molecular weight is 466 g/mol. The maximum absolute atomic E-state index is 13.0. The maximum Gasteiger partial charge on any atom is 0.282 e. The van der Waals surface area contributed by atoms with Crippen molar-refractivity contribution in [2.24, 2.45) is 0 Å². The Morgan fingerprint density at radius 3 is 2.52 bits per heavy atom. The van der Waals surface area contributed by atoms with E-state index in [4.69, 9.17) is 16.3 Å². The molecule has 0 radical (unpaired) electrons. The normalized spacial score (nSPS) is 14.4. The predicted octanol–water partition coefficient (Wildman–Crippen LogP) is 3.96. The summed E-state index contributed by atoms with van der Waals surface area (Å²) < 4.78 is 18.6. The summed E-state index contributed by atoms with van der Waals surface area (Å²) in [6, 6.07) is 18.6. The molecule has 2 N–H and O–H groups in total. The summed E-state index contributed by atoms with van der Waals surface area (Å²) in [5.74, 6) is -1.76. The molecule has 9 heteroatoms. The van der Waals surface area contributed by atoms with Gasteiger partial charge in [-0.15, -0.1) is 0 Å². The lowest BCUT2D eigenvalue weighted by atomic mass is 10.1. The van der Waals surface area contributed by atoms with Crippen LogP contribution in [0.25, 0.3) is 6.08 Å². The van der Waals surface area contributed by atoms with Crippen LogP contribution in [0.1, 0.15) is 5.56 Å². The number of nitrogens with zero attached hydrogens (tertiary/aromatic N) is 1. The number of benzene rings is 3. The Balaban J connectivity index is 1.51. The number of ether oxygens (including phenoxy) is 1. The zero-order chi connectivity index (χ0) is 23.4. The Morgan fingerprint density at radius 2 is 1.79 bits per heavy atom. The number of nitrogens with one attached hydrogen (secondary N) is 2. The fourth-order valence-electron chi connectivity index (χ4n) is 3.11. The molecular formula is C24H17ClFN3O4. The highest BCUT2D eigenvalue weighted by atomic mass is 35.5. The largest absolute Gasteiger partial charge is 0.483 e. The first-order chi connectivity index (χ1) is 15.9. The number of rotatable bonds is 6. The Morgan fingerprint density at radius 1 is 1.06 bits per heavy atom. The molecule has 3 aromatic rings. The van der Waals surface area contributed by atoms with Crippen LogP contribution in [0.4, 0.5) is 15.8 Å². The quantitative estimate of drug-likeness (QED) is 0.426. The van der Waals surface area contributed by atoms with Crippen LogP contribution in [0.5, 0.6) is 5.75 Å². The number of para-hydroxylation sites is 1. The Labute approximate surface area is 193 Å². The second-order valence-electron chi connectivity index (χ2n) is 7.00. The molecule has 3 aromatic carbocycles. The van der Waals surface area contributed by atoms with Crippen LogP contribution in [0.2, 0.25) is 5.02 Å². The van der Waals surface area contributed by atoms with Crippen molar-refractivity contribution < 1.29 is 23.5 Å². The molecule has 1 heterocycles. The van der Waals surface area contributed by atoms with Crippen LogP contribution in [-0.2, 0) is 14.4 Å². The average Bonchev–Trinajstić information content (AvgIpc) is 3.09. The molecule has 0 atom stereocenters. The van der Waals surface area contributed by atoms with E-state index < -0.39 is 23.5 Å². The molecule has 1 fully saturated rings.